The van der Waals surface area contributed by atoms with E-state index in [0.29, 0.717) is 30.3 Å². The molecule has 0 unspecified atom stereocenters. The minimum atomic E-state index is -0.411. The molecule has 1 aliphatic carbocycles. The van der Waals surface area contributed by atoms with E-state index in [2.05, 4.69) is 52.0 Å². The number of carbonyl (C=O) groups excluding carboxylic acids is 1. The van der Waals surface area contributed by atoms with Crippen molar-refractivity contribution in [1.29, 1.82) is 0 Å². The van der Waals surface area contributed by atoms with Crippen molar-refractivity contribution in [2.75, 3.05) is 13.2 Å². The molecule has 0 heterocycles. The first kappa shape index (κ1) is 22.0. The van der Waals surface area contributed by atoms with Crippen LogP contribution in [0.3, 0.4) is 0 Å². The number of carbonyl (C=O) groups is 1. The fraction of sp³-hybridized carbons (Fsp3) is 0.154. The number of nitrogens with zero attached hydrogens (tertiary/aromatic N) is 1. The van der Waals surface area contributed by atoms with Crippen LogP contribution in [-0.4, -0.2) is 24.4 Å². The highest BCUT2D eigenvalue weighted by Crippen LogP contribution is 2.44. The number of benzene rings is 3. The second-order valence-electron chi connectivity index (χ2n) is 7.36. The third-order valence-corrected chi connectivity index (χ3v) is 5.77. The summed E-state index contributed by atoms with van der Waals surface area (Å²) in [6, 6.07) is 22.1. The van der Waals surface area contributed by atoms with Crippen molar-refractivity contribution in [1.82, 2.24) is 5.32 Å². The minimum absolute atomic E-state index is 0.0587. The summed E-state index contributed by atoms with van der Waals surface area (Å²) >= 11 is 10.8. The summed E-state index contributed by atoms with van der Waals surface area (Å²) in [6.07, 6.45) is 4.17. The van der Waals surface area contributed by atoms with Crippen molar-refractivity contribution < 1.29 is 9.53 Å². The van der Waals surface area contributed by atoms with Gasteiger partial charge in [-0.25, -0.2) is 4.79 Å². The predicted molar refractivity (Wildman–Crippen MR) is 133 cm³/mol. The van der Waals surface area contributed by atoms with Crippen LogP contribution in [-0.2, 0) is 4.74 Å². The topological polar surface area (TPSA) is 50.7 Å². The highest BCUT2D eigenvalue weighted by Gasteiger charge is 2.28. The molecule has 0 bridgehead atoms. The molecule has 3 aromatic rings. The van der Waals surface area contributed by atoms with Gasteiger partial charge >= 0.3 is 6.09 Å². The number of thiocarbonyl (C=S) groups is 1. The Morgan fingerprint density at radius 2 is 1.78 bits per heavy atom. The minimum Gasteiger partial charge on any atom is -0.449 e. The Morgan fingerprint density at radius 3 is 2.44 bits per heavy atom. The van der Waals surface area contributed by atoms with E-state index in [4.69, 9.17) is 16.3 Å². The van der Waals surface area contributed by atoms with E-state index in [0.717, 1.165) is 5.56 Å². The molecule has 0 atom stereocenters. The van der Waals surface area contributed by atoms with Crippen LogP contribution in [0.25, 0.3) is 17.2 Å². The molecule has 0 radical (unpaired) electrons. The van der Waals surface area contributed by atoms with Crippen LogP contribution in [0.15, 0.2) is 77.8 Å². The van der Waals surface area contributed by atoms with Gasteiger partial charge in [-0.2, -0.15) is 4.99 Å². The molecule has 0 saturated heterocycles. The van der Waals surface area contributed by atoms with Crippen molar-refractivity contribution in [3.8, 4) is 11.1 Å². The van der Waals surface area contributed by atoms with Crippen LogP contribution >= 0.6 is 23.8 Å². The number of fused-ring (bicyclic) bond motifs is 3. The molecule has 1 aliphatic rings. The van der Waals surface area contributed by atoms with Crippen LogP contribution in [0, 0.1) is 0 Å². The molecule has 6 heteroatoms. The molecule has 0 saturated carbocycles. The first-order chi connectivity index (χ1) is 15.7. The maximum atomic E-state index is 12.2. The van der Waals surface area contributed by atoms with Gasteiger partial charge in [0.1, 0.15) is 6.61 Å². The Bertz CT molecular complexity index is 1170. The molecule has 4 rings (SSSR count). The number of alkyl carbamates (subject to hydrolysis) is 1. The molecular formula is C26H21ClN2O2S. The summed E-state index contributed by atoms with van der Waals surface area (Å²) in [5, 5.41) is 5.63. The zero-order chi connectivity index (χ0) is 22.3. The first-order valence-corrected chi connectivity index (χ1v) is 11.1. The van der Waals surface area contributed by atoms with E-state index in [-0.39, 0.29) is 5.92 Å². The summed E-state index contributed by atoms with van der Waals surface area (Å²) in [5.74, 6) is 0.0587. The molecule has 3 aromatic carbocycles. The number of hydrogen-bond donors (Lipinski definition) is 1. The molecule has 32 heavy (non-hydrogen) atoms. The van der Waals surface area contributed by atoms with Gasteiger partial charge in [-0.3, -0.25) is 0 Å². The molecule has 160 valence electrons. The van der Waals surface area contributed by atoms with Crippen LogP contribution in [0.2, 0.25) is 5.02 Å². The Labute approximate surface area is 197 Å². The Kier molecular flexibility index (Phi) is 7.13. The third-order valence-electron chi connectivity index (χ3n) is 5.37. The normalized spacial score (nSPS) is 12.2. The van der Waals surface area contributed by atoms with Gasteiger partial charge in [0.25, 0.3) is 0 Å². The number of hydrogen-bond acceptors (Lipinski definition) is 4. The van der Waals surface area contributed by atoms with Gasteiger partial charge in [-0.15, -0.1) is 0 Å². The number of nitrogens with one attached hydrogen (secondary N) is 1. The van der Waals surface area contributed by atoms with E-state index in [1.165, 1.54) is 22.3 Å². The van der Waals surface area contributed by atoms with Crippen molar-refractivity contribution in [3.63, 3.8) is 0 Å². The average molecular weight is 461 g/mol. The van der Waals surface area contributed by atoms with Crippen molar-refractivity contribution in [3.05, 3.63) is 94.5 Å². The molecule has 1 N–H and O–H groups in total. The fourth-order valence-electron chi connectivity index (χ4n) is 3.89. The van der Waals surface area contributed by atoms with Gasteiger partial charge in [0.15, 0.2) is 0 Å². The molecular weight excluding hydrogens is 440 g/mol. The summed E-state index contributed by atoms with van der Waals surface area (Å²) in [5.41, 5.74) is 6.36. The Hall–Kier alpha value is -3.24. The third kappa shape index (κ3) is 4.97. The number of aliphatic imine (C=N–C) groups is 1. The Morgan fingerprint density at radius 1 is 1.09 bits per heavy atom. The zero-order valence-corrected chi connectivity index (χ0v) is 18.8. The molecule has 0 aliphatic heterocycles. The predicted octanol–water partition coefficient (Wildman–Crippen LogP) is 7.02. The molecule has 1 amide bonds. The van der Waals surface area contributed by atoms with Gasteiger partial charge in [-0.05, 0) is 58.6 Å². The molecule has 0 fully saturated rings. The van der Waals surface area contributed by atoms with Gasteiger partial charge in [0.05, 0.1) is 15.9 Å². The maximum Gasteiger partial charge on any atom is 0.407 e. The quantitative estimate of drug-likeness (QED) is 0.234. The molecule has 0 spiro atoms. The standard InChI is InChI=1S/C26H21ClN2O2S/c27-24-15-18(12-13-25(24)29-17-32)7-5-6-14-28-26(30)31-16-23-21-10-3-1-8-19(21)20-9-2-4-11-22(20)23/h1-5,7-13,15,23H,6,14,16H2,(H,28,30). The van der Waals surface area contributed by atoms with E-state index >= 15 is 0 Å². The summed E-state index contributed by atoms with van der Waals surface area (Å²) in [4.78, 5) is 16.1. The lowest BCUT2D eigenvalue weighted by molar-refractivity contribution is 0.143. The lowest BCUT2D eigenvalue weighted by atomic mass is 9.98. The second kappa shape index (κ2) is 10.4. The largest absolute Gasteiger partial charge is 0.449 e. The van der Waals surface area contributed by atoms with Crippen molar-refractivity contribution in [2.24, 2.45) is 4.99 Å². The summed E-state index contributed by atoms with van der Waals surface area (Å²) < 4.78 is 5.54. The smallest absolute Gasteiger partial charge is 0.407 e. The maximum absolute atomic E-state index is 12.2. The van der Waals surface area contributed by atoms with Gasteiger partial charge < -0.3 is 10.1 Å². The number of isothiocyanates is 1. The van der Waals surface area contributed by atoms with Crippen LogP contribution in [0.1, 0.15) is 29.0 Å². The summed E-state index contributed by atoms with van der Waals surface area (Å²) in [7, 11) is 0. The average Bonchev–Trinajstić information content (AvgIpc) is 3.13. The highest BCUT2D eigenvalue weighted by atomic mass is 35.5. The SMILES string of the molecule is O=C(NCCC=Cc1ccc(N=C=S)c(Cl)c1)OCC1c2ccccc2-c2ccccc21. The summed E-state index contributed by atoms with van der Waals surface area (Å²) in [6.45, 7) is 0.791. The first-order valence-electron chi connectivity index (χ1n) is 10.3. The molecule has 0 aromatic heterocycles. The van der Waals surface area contributed by atoms with Crippen LogP contribution in [0.4, 0.5) is 10.5 Å². The Balaban J connectivity index is 1.26. The van der Waals surface area contributed by atoms with E-state index < -0.39 is 6.09 Å². The van der Waals surface area contributed by atoms with Crippen molar-refractivity contribution >= 4 is 46.8 Å². The van der Waals surface area contributed by atoms with Crippen LogP contribution in [0.5, 0.6) is 0 Å². The van der Waals surface area contributed by atoms with E-state index in [1.54, 1.807) is 6.07 Å². The number of halogens is 1. The highest BCUT2D eigenvalue weighted by molar-refractivity contribution is 7.78. The van der Waals surface area contributed by atoms with E-state index in [1.807, 2.05) is 48.6 Å². The number of ether oxygens (including phenoxy) is 1. The lowest BCUT2D eigenvalue weighted by Crippen LogP contribution is -2.26. The fourth-order valence-corrected chi connectivity index (χ4v) is 4.22. The van der Waals surface area contributed by atoms with Gasteiger partial charge in [0, 0.05) is 12.5 Å². The number of amides is 1. The monoisotopic (exact) mass is 460 g/mol. The van der Waals surface area contributed by atoms with Crippen LogP contribution < -0.4 is 5.32 Å². The van der Waals surface area contributed by atoms with Gasteiger partial charge in [-0.1, -0.05) is 78.4 Å². The lowest BCUT2D eigenvalue weighted by Gasteiger charge is -2.14. The van der Waals surface area contributed by atoms with E-state index in [9.17, 15) is 4.79 Å². The van der Waals surface area contributed by atoms with Crippen molar-refractivity contribution in [2.45, 2.75) is 12.3 Å². The molecule has 4 nitrogen and oxygen atoms in total. The zero-order valence-electron chi connectivity index (χ0n) is 17.3. The second-order valence-corrected chi connectivity index (χ2v) is 7.95. The van der Waals surface area contributed by atoms with Gasteiger partial charge in [0.2, 0.25) is 0 Å². The number of rotatable bonds is 7.